The highest BCUT2D eigenvalue weighted by Crippen LogP contribution is 2.45. The van der Waals surface area contributed by atoms with Crippen molar-refractivity contribution >= 4 is 17.8 Å². The summed E-state index contributed by atoms with van der Waals surface area (Å²) in [4.78, 5) is 37.1. The largest absolute Gasteiger partial charge is 0.481 e. The molecule has 0 spiro atoms. The zero-order valence-corrected chi connectivity index (χ0v) is 12.8. The summed E-state index contributed by atoms with van der Waals surface area (Å²) in [5.41, 5.74) is 0.256. The van der Waals surface area contributed by atoms with Crippen LogP contribution < -0.4 is 5.32 Å². The number of amides is 2. The standard InChI is InChI=1S/C17H20N2O4/c20-14-8-13(10-19(14)9-12-4-2-1-3-5-12)15(21)18-11-17(6-7-17)16(22)23/h1-5,13H,6-11H2,(H,18,21)(H,22,23). The van der Waals surface area contributed by atoms with Gasteiger partial charge in [0.1, 0.15) is 0 Å². The van der Waals surface area contributed by atoms with Gasteiger partial charge in [-0.3, -0.25) is 14.4 Å². The van der Waals surface area contributed by atoms with Crippen molar-refractivity contribution in [1.82, 2.24) is 10.2 Å². The zero-order valence-electron chi connectivity index (χ0n) is 12.8. The van der Waals surface area contributed by atoms with Crippen LogP contribution in [0.3, 0.4) is 0 Å². The summed E-state index contributed by atoms with van der Waals surface area (Å²) in [7, 11) is 0. The van der Waals surface area contributed by atoms with Crippen LogP contribution in [0.15, 0.2) is 30.3 Å². The molecule has 1 aromatic rings. The van der Waals surface area contributed by atoms with Gasteiger partial charge in [0.25, 0.3) is 0 Å². The first-order valence-corrected chi connectivity index (χ1v) is 7.83. The molecule has 1 saturated heterocycles. The van der Waals surface area contributed by atoms with E-state index in [0.717, 1.165) is 5.56 Å². The van der Waals surface area contributed by atoms with Gasteiger partial charge < -0.3 is 15.3 Å². The summed E-state index contributed by atoms with van der Waals surface area (Å²) in [5, 5.41) is 11.8. The number of rotatable bonds is 6. The SMILES string of the molecule is O=C(NCC1(C(=O)O)CC1)C1CC(=O)N(Cc2ccccc2)C1. The number of carbonyl (C=O) groups is 3. The number of benzene rings is 1. The Kier molecular flexibility index (Phi) is 4.07. The van der Waals surface area contributed by atoms with E-state index in [9.17, 15) is 14.4 Å². The van der Waals surface area contributed by atoms with Gasteiger partial charge in [-0.05, 0) is 18.4 Å². The second-order valence-corrected chi connectivity index (χ2v) is 6.46. The van der Waals surface area contributed by atoms with E-state index < -0.39 is 17.3 Å². The molecule has 2 N–H and O–H groups in total. The normalized spacial score (nSPS) is 22.0. The van der Waals surface area contributed by atoms with Crippen LogP contribution in [0.2, 0.25) is 0 Å². The van der Waals surface area contributed by atoms with Crippen molar-refractivity contribution in [2.24, 2.45) is 11.3 Å². The highest BCUT2D eigenvalue weighted by molar-refractivity contribution is 5.89. The third kappa shape index (κ3) is 3.36. The Balaban J connectivity index is 1.53. The molecular weight excluding hydrogens is 296 g/mol. The van der Waals surface area contributed by atoms with Crippen LogP contribution in [0.5, 0.6) is 0 Å². The van der Waals surface area contributed by atoms with Crippen molar-refractivity contribution in [2.45, 2.75) is 25.8 Å². The predicted molar refractivity (Wildman–Crippen MR) is 82.3 cm³/mol. The molecule has 122 valence electrons. The number of aliphatic carboxylic acids is 1. The lowest BCUT2D eigenvalue weighted by molar-refractivity contribution is -0.143. The summed E-state index contributed by atoms with van der Waals surface area (Å²) in [6.07, 6.45) is 1.40. The molecule has 0 radical (unpaired) electrons. The average Bonchev–Trinajstić information content (AvgIpc) is 3.25. The molecule has 1 atom stereocenters. The smallest absolute Gasteiger partial charge is 0.311 e. The van der Waals surface area contributed by atoms with Gasteiger partial charge in [0.2, 0.25) is 11.8 Å². The summed E-state index contributed by atoms with van der Waals surface area (Å²) in [6.45, 7) is 1.05. The molecule has 1 heterocycles. The van der Waals surface area contributed by atoms with Crippen molar-refractivity contribution in [2.75, 3.05) is 13.1 Å². The topological polar surface area (TPSA) is 86.7 Å². The minimum atomic E-state index is -0.856. The van der Waals surface area contributed by atoms with Gasteiger partial charge >= 0.3 is 5.97 Å². The third-order valence-corrected chi connectivity index (χ3v) is 4.71. The molecule has 2 aliphatic rings. The molecule has 1 unspecified atom stereocenters. The van der Waals surface area contributed by atoms with Crippen LogP contribution in [0.4, 0.5) is 0 Å². The van der Waals surface area contributed by atoms with E-state index in [0.29, 0.717) is 25.9 Å². The van der Waals surface area contributed by atoms with Gasteiger partial charge in [-0.25, -0.2) is 0 Å². The van der Waals surface area contributed by atoms with Gasteiger partial charge in [-0.1, -0.05) is 30.3 Å². The van der Waals surface area contributed by atoms with Gasteiger partial charge in [-0.2, -0.15) is 0 Å². The fourth-order valence-corrected chi connectivity index (χ4v) is 2.92. The monoisotopic (exact) mass is 316 g/mol. The van der Waals surface area contributed by atoms with E-state index in [1.165, 1.54) is 0 Å². The zero-order chi connectivity index (χ0) is 16.4. The van der Waals surface area contributed by atoms with E-state index in [-0.39, 0.29) is 24.8 Å². The first kappa shape index (κ1) is 15.5. The van der Waals surface area contributed by atoms with Gasteiger partial charge in [0, 0.05) is 26.1 Å². The Labute approximate surface area is 134 Å². The first-order chi connectivity index (χ1) is 11.0. The van der Waals surface area contributed by atoms with Crippen LogP contribution in [-0.2, 0) is 20.9 Å². The molecular formula is C17H20N2O4. The highest BCUT2D eigenvalue weighted by atomic mass is 16.4. The summed E-state index contributed by atoms with van der Waals surface area (Å²) >= 11 is 0. The maximum absolute atomic E-state index is 12.2. The van der Waals surface area contributed by atoms with Crippen LogP contribution in [0.1, 0.15) is 24.8 Å². The summed E-state index contributed by atoms with van der Waals surface area (Å²) < 4.78 is 0. The average molecular weight is 316 g/mol. The number of hydrogen-bond donors (Lipinski definition) is 2. The Morgan fingerprint density at radius 2 is 1.96 bits per heavy atom. The van der Waals surface area contributed by atoms with Crippen molar-refractivity contribution in [3.05, 3.63) is 35.9 Å². The maximum Gasteiger partial charge on any atom is 0.311 e. The number of nitrogens with zero attached hydrogens (tertiary/aromatic N) is 1. The van der Waals surface area contributed by atoms with Crippen LogP contribution in [0.25, 0.3) is 0 Å². The summed E-state index contributed by atoms with van der Waals surface area (Å²) in [6, 6.07) is 9.65. The molecule has 2 amide bonds. The van der Waals surface area contributed by atoms with Crippen molar-refractivity contribution in [1.29, 1.82) is 0 Å². The fourth-order valence-electron chi connectivity index (χ4n) is 2.92. The van der Waals surface area contributed by atoms with E-state index in [4.69, 9.17) is 5.11 Å². The summed E-state index contributed by atoms with van der Waals surface area (Å²) in [5.74, 6) is -1.50. The molecule has 0 bridgehead atoms. The number of hydrogen-bond acceptors (Lipinski definition) is 3. The van der Waals surface area contributed by atoms with E-state index in [2.05, 4.69) is 5.32 Å². The molecule has 1 aliphatic carbocycles. The minimum Gasteiger partial charge on any atom is -0.481 e. The molecule has 6 nitrogen and oxygen atoms in total. The van der Waals surface area contributed by atoms with E-state index in [1.807, 2.05) is 30.3 Å². The molecule has 1 aliphatic heterocycles. The Hall–Kier alpha value is -2.37. The van der Waals surface area contributed by atoms with Crippen LogP contribution in [0, 0.1) is 11.3 Å². The third-order valence-electron chi connectivity index (χ3n) is 4.71. The highest BCUT2D eigenvalue weighted by Gasteiger charge is 2.50. The Morgan fingerprint density at radius 3 is 2.57 bits per heavy atom. The van der Waals surface area contributed by atoms with E-state index in [1.54, 1.807) is 4.90 Å². The lowest BCUT2D eigenvalue weighted by Crippen LogP contribution is -2.38. The number of carboxylic acids is 1. The van der Waals surface area contributed by atoms with Gasteiger partial charge in [0.15, 0.2) is 0 Å². The second-order valence-electron chi connectivity index (χ2n) is 6.46. The second kappa shape index (κ2) is 6.02. The lowest BCUT2D eigenvalue weighted by atomic mass is 10.1. The lowest BCUT2D eigenvalue weighted by Gasteiger charge is -2.17. The Morgan fingerprint density at radius 1 is 1.26 bits per heavy atom. The first-order valence-electron chi connectivity index (χ1n) is 7.83. The molecule has 23 heavy (non-hydrogen) atoms. The molecule has 1 saturated carbocycles. The van der Waals surface area contributed by atoms with E-state index >= 15 is 0 Å². The number of carbonyl (C=O) groups excluding carboxylic acids is 2. The van der Waals surface area contributed by atoms with Gasteiger partial charge in [0.05, 0.1) is 11.3 Å². The van der Waals surface area contributed by atoms with Gasteiger partial charge in [-0.15, -0.1) is 0 Å². The molecule has 3 rings (SSSR count). The molecule has 2 fully saturated rings. The molecule has 1 aromatic carbocycles. The van der Waals surface area contributed by atoms with Crippen molar-refractivity contribution in [3.63, 3.8) is 0 Å². The number of nitrogens with one attached hydrogen (secondary N) is 1. The fraction of sp³-hybridized carbons (Fsp3) is 0.471. The molecule has 0 aromatic heterocycles. The number of likely N-dealkylation sites (tertiary alicyclic amines) is 1. The predicted octanol–water partition coefficient (Wildman–Crippen LogP) is 1.02. The quantitative estimate of drug-likeness (QED) is 0.820. The van der Waals surface area contributed by atoms with Crippen LogP contribution in [-0.4, -0.2) is 40.9 Å². The number of carboxylic acid groups (broad SMARTS) is 1. The van der Waals surface area contributed by atoms with Crippen molar-refractivity contribution in [3.8, 4) is 0 Å². The minimum absolute atomic E-state index is 0.0339. The Bertz CT molecular complexity index is 625. The van der Waals surface area contributed by atoms with Crippen molar-refractivity contribution < 1.29 is 19.5 Å². The molecule has 6 heteroatoms. The maximum atomic E-state index is 12.2. The van der Waals surface area contributed by atoms with Crippen LogP contribution >= 0.6 is 0 Å².